The first-order valence-corrected chi connectivity index (χ1v) is 5.37. The van der Waals surface area contributed by atoms with Crippen molar-refractivity contribution < 1.29 is 4.39 Å². The van der Waals surface area contributed by atoms with Crippen molar-refractivity contribution in [3.8, 4) is 0 Å². The Hall–Kier alpha value is -2.43. The van der Waals surface area contributed by atoms with Gasteiger partial charge in [0.05, 0.1) is 0 Å². The minimum Gasteiger partial charge on any atom is -0.384 e. The number of aromatic nitrogens is 1. The Morgan fingerprint density at radius 1 is 1.22 bits per heavy atom. The Balaban J connectivity index is 2.25. The van der Waals surface area contributed by atoms with Gasteiger partial charge in [0.15, 0.2) is 0 Å². The minimum atomic E-state index is -0.271. The lowest BCUT2D eigenvalue weighted by molar-refractivity contribution is 0.628. The largest absolute Gasteiger partial charge is 0.384 e. The standard InChI is InChI=1S/C13H13FN4/c1-18(11-5-3-10(14)4-6-11)12-7-2-9(8-17-12)13(15)16/h2-8H,1H3,(H3,15,16). The maximum absolute atomic E-state index is 12.8. The molecule has 0 spiro atoms. The van der Waals surface area contributed by atoms with Gasteiger partial charge in [0, 0.05) is 24.5 Å². The number of nitrogens with one attached hydrogen (secondary N) is 1. The van der Waals surface area contributed by atoms with Crippen LogP contribution in [0.4, 0.5) is 15.9 Å². The van der Waals surface area contributed by atoms with E-state index in [2.05, 4.69) is 4.98 Å². The smallest absolute Gasteiger partial charge is 0.132 e. The Morgan fingerprint density at radius 2 is 1.89 bits per heavy atom. The molecule has 1 aromatic heterocycles. The molecule has 0 unspecified atom stereocenters. The highest BCUT2D eigenvalue weighted by molar-refractivity contribution is 5.94. The van der Waals surface area contributed by atoms with Gasteiger partial charge >= 0.3 is 0 Å². The lowest BCUT2D eigenvalue weighted by atomic mass is 10.2. The van der Waals surface area contributed by atoms with Gasteiger partial charge in [0.25, 0.3) is 0 Å². The van der Waals surface area contributed by atoms with Crippen LogP contribution in [0.2, 0.25) is 0 Å². The number of nitrogens with zero attached hydrogens (tertiary/aromatic N) is 2. The summed E-state index contributed by atoms with van der Waals surface area (Å²) >= 11 is 0. The summed E-state index contributed by atoms with van der Waals surface area (Å²) in [6.45, 7) is 0. The summed E-state index contributed by atoms with van der Waals surface area (Å²) in [6.07, 6.45) is 1.54. The van der Waals surface area contributed by atoms with Crippen LogP contribution in [0.3, 0.4) is 0 Å². The van der Waals surface area contributed by atoms with Crippen LogP contribution in [0.1, 0.15) is 5.56 Å². The molecular formula is C13H13FN4. The molecule has 0 aliphatic heterocycles. The summed E-state index contributed by atoms with van der Waals surface area (Å²) in [5.41, 5.74) is 6.76. The summed E-state index contributed by atoms with van der Waals surface area (Å²) in [7, 11) is 1.84. The lowest BCUT2D eigenvalue weighted by Crippen LogP contribution is -2.14. The summed E-state index contributed by atoms with van der Waals surface area (Å²) < 4.78 is 12.8. The topological polar surface area (TPSA) is 66.0 Å². The predicted molar refractivity (Wildman–Crippen MR) is 69.7 cm³/mol. The van der Waals surface area contributed by atoms with Crippen LogP contribution in [0.25, 0.3) is 0 Å². The van der Waals surface area contributed by atoms with Gasteiger partial charge in [-0.2, -0.15) is 0 Å². The number of amidine groups is 1. The monoisotopic (exact) mass is 244 g/mol. The molecule has 0 fully saturated rings. The van der Waals surface area contributed by atoms with Gasteiger partial charge in [0.2, 0.25) is 0 Å². The van der Waals surface area contributed by atoms with E-state index in [9.17, 15) is 4.39 Å². The number of benzene rings is 1. The molecule has 0 amide bonds. The van der Waals surface area contributed by atoms with Crippen LogP contribution in [0.15, 0.2) is 42.6 Å². The van der Waals surface area contributed by atoms with E-state index in [1.807, 2.05) is 11.9 Å². The first-order chi connectivity index (χ1) is 8.58. The van der Waals surface area contributed by atoms with E-state index in [1.54, 1.807) is 24.3 Å². The number of halogens is 1. The van der Waals surface area contributed by atoms with Crippen LogP contribution in [0.5, 0.6) is 0 Å². The highest BCUT2D eigenvalue weighted by atomic mass is 19.1. The van der Waals surface area contributed by atoms with Gasteiger partial charge in [-0.15, -0.1) is 0 Å². The second kappa shape index (κ2) is 4.83. The van der Waals surface area contributed by atoms with Gasteiger partial charge in [-0.1, -0.05) is 0 Å². The fourth-order valence-electron chi connectivity index (χ4n) is 1.54. The quantitative estimate of drug-likeness (QED) is 0.643. The third-order valence-electron chi connectivity index (χ3n) is 2.62. The molecule has 3 N–H and O–H groups in total. The van der Waals surface area contributed by atoms with E-state index < -0.39 is 0 Å². The molecular weight excluding hydrogens is 231 g/mol. The number of nitrogens with two attached hydrogens (primary N) is 1. The van der Waals surface area contributed by atoms with E-state index >= 15 is 0 Å². The first-order valence-electron chi connectivity index (χ1n) is 5.37. The first kappa shape index (κ1) is 12.0. The molecule has 4 nitrogen and oxygen atoms in total. The fourth-order valence-corrected chi connectivity index (χ4v) is 1.54. The second-order valence-electron chi connectivity index (χ2n) is 3.85. The highest BCUT2D eigenvalue weighted by Crippen LogP contribution is 2.21. The molecule has 0 saturated heterocycles. The maximum atomic E-state index is 12.8. The molecule has 0 saturated carbocycles. The highest BCUT2D eigenvalue weighted by Gasteiger charge is 2.06. The molecule has 0 aliphatic rings. The molecule has 0 atom stereocenters. The van der Waals surface area contributed by atoms with Gasteiger partial charge in [0.1, 0.15) is 17.5 Å². The molecule has 1 heterocycles. The van der Waals surface area contributed by atoms with Crippen molar-refractivity contribution in [1.82, 2.24) is 4.98 Å². The van der Waals surface area contributed by atoms with Crippen molar-refractivity contribution >= 4 is 17.3 Å². The van der Waals surface area contributed by atoms with E-state index in [0.717, 1.165) is 5.69 Å². The Kier molecular flexibility index (Phi) is 3.23. The zero-order chi connectivity index (χ0) is 13.1. The van der Waals surface area contributed by atoms with Crippen LogP contribution in [-0.4, -0.2) is 17.9 Å². The third-order valence-corrected chi connectivity index (χ3v) is 2.62. The van der Waals surface area contributed by atoms with E-state index in [-0.39, 0.29) is 11.7 Å². The zero-order valence-corrected chi connectivity index (χ0v) is 9.89. The molecule has 2 aromatic rings. The van der Waals surface area contributed by atoms with Crippen LogP contribution >= 0.6 is 0 Å². The summed E-state index contributed by atoms with van der Waals surface area (Å²) in [5.74, 6) is 0.414. The zero-order valence-electron chi connectivity index (χ0n) is 9.89. The van der Waals surface area contributed by atoms with Gasteiger partial charge in [-0.05, 0) is 36.4 Å². The lowest BCUT2D eigenvalue weighted by Gasteiger charge is -2.18. The fraction of sp³-hybridized carbons (Fsp3) is 0.0769. The average Bonchev–Trinajstić information content (AvgIpc) is 2.39. The van der Waals surface area contributed by atoms with Crippen molar-refractivity contribution in [3.63, 3.8) is 0 Å². The minimum absolute atomic E-state index is 0.0153. The molecule has 0 bridgehead atoms. The molecule has 5 heteroatoms. The summed E-state index contributed by atoms with van der Waals surface area (Å²) in [5, 5.41) is 7.28. The predicted octanol–water partition coefficient (Wildman–Crippen LogP) is 2.27. The van der Waals surface area contributed by atoms with Crippen LogP contribution in [0, 0.1) is 11.2 Å². The van der Waals surface area contributed by atoms with Crippen molar-refractivity contribution in [3.05, 3.63) is 54.0 Å². The number of hydrogen-bond acceptors (Lipinski definition) is 3. The number of pyridine rings is 1. The SMILES string of the molecule is CN(c1ccc(F)cc1)c1ccc(C(=N)N)cn1. The van der Waals surface area contributed by atoms with Gasteiger partial charge in [-0.25, -0.2) is 9.37 Å². The third kappa shape index (κ3) is 2.45. The van der Waals surface area contributed by atoms with E-state index in [4.69, 9.17) is 11.1 Å². The number of nitrogen functional groups attached to an aromatic ring is 1. The Bertz CT molecular complexity index is 548. The maximum Gasteiger partial charge on any atom is 0.132 e. The molecule has 0 radical (unpaired) electrons. The average molecular weight is 244 g/mol. The van der Waals surface area contributed by atoms with Gasteiger partial charge < -0.3 is 10.6 Å². The molecule has 18 heavy (non-hydrogen) atoms. The Morgan fingerprint density at radius 3 is 2.39 bits per heavy atom. The molecule has 0 aliphatic carbocycles. The van der Waals surface area contributed by atoms with Crippen molar-refractivity contribution in [1.29, 1.82) is 5.41 Å². The second-order valence-corrected chi connectivity index (χ2v) is 3.85. The van der Waals surface area contributed by atoms with Crippen molar-refractivity contribution in [2.75, 3.05) is 11.9 Å². The normalized spacial score (nSPS) is 10.1. The number of rotatable bonds is 3. The van der Waals surface area contributed by atoms with Crippen LogP contribution in [-0.2, 0) is 0 Å². The summed E-state index contributed by atoms with van der Waals surface area (Å²) in [4.78, 5) is 6.03. The van der Waals surface area contributed by atoms with Crippen molar-refractivity contribution in [2.45, 2.75) is 0 Å². The van der Waals surface area contributed by atoms with E-state index in [0.29, 0.717) is 11.4 Å². The number of hydrogen-bond donors (Lipinski definition) is 2. The summed E-state index contributed by atoms with van der Waals surface area (Å²) in [6, 6.07) is 9.64. The van der Waals surface area contributed by atoms with Crippen LogP contribution < -0.4 is 10.6 Å². The molecule has 92 valence electrons. The van der Waals surface area contributed by atoms with Crippen molar-refractivity contribution in [2.24, 2.45) is 5.73 Å². The van der Waals surface area contributed by atoms with E-state index in [1.165, 1.54) is 18.3 Å². The molecule has 1 aromatic carbocycles. The van der Waals surface area contributed by atoms with Gasteiger partial charge in [-0.3, -0.25) is 5.41 Å². The number of anilines is 2. The molecule has 2 rings (SSSR count). The Labute approximate surface area is 104 Å².